The number of pyridine rings is 2. The molecule has 3 N–H and O–H groups in total. The average molecular weight is 731 g/mol. The van der Waals surface area contributed by atoms with Gasteiger partial charge in [0.25, 0.3) is 5.91 Å². The van der Waals surface area contributed by atoms with Crippen LogP contribution < -0.4 is 20.7 Å². The Labute approximate surface area is 295 Å². The van der Waals surface area contributed by atoms with Crippen LogP contribution >= 0.6 is 11.6 Å². The molecule has 2 saturated heterocycles. The van der Waals surface area contributed by atoms with Gasteiger partial charge < -0.3 is 25.6 Å². The van der Waals surface area contributed by atoms with Crippen molar-refractivity contribution in [2.75, 3.05) is 50.5 Å². The molecule has 0 unspecified atom stereocenters. The van der Waals surface area contributed by atoms with E-state index < -0.39 is 40.5 Å². The maximum Gasteiger partial charge on any atom is 0.418 e. The van der Waals surface area contributed by atoms with Crippen molar-refractivity contribution in [3.05, 3.63) is 70.0 Å². The Balaban J connectivity index is 1.30. The number of carbonyl (C=O) groups is 1. The first-order valence-electron chi connectivity index (χ1n) is 16.5. The predicted molar refractivity (Wildman–Crippen MR) is 184 cm³/mol. The number of aromatic nitrogens is 4. The number of nitrogens with zero attached hydrogens (tertiary/aromatic N) is 6. The van der Waals surface area contributed by atoms with Gasteiger partial charge in [0.15, 0.2) is 11.6 Å². The number of amides is 1. The second-order valence-electron chi connectivity index (χ2n) is 12.8. The fraction of sp³-hybridized carbons (Fsp3) is 0.400. The highest BCUT2D eigenvalue weighted by Gasteiger charge is 2.39. The number of ether oxygens (including phenoxy) is 1. The summed E-state index contributed by atoms with van der Waals surface area (Å²) in [4.78, 5) is 33.3. The van der Waals surface area contributed by atoms with Gasteiger partial charge in [0, 0.05) is 43.3 Å². The molecule has 2 aliphatic rings. The van der Waals surface area contributed by atoms with Crippen molar-refractivity contribution in [1.82, 2.24) is 30.2 Å². The monoisotopic (exact) mass is 730 g/mol. The van der Waals surface area contributed by atoms with E-state index in [2.05, 4.69) is 30.2 Å². The van der Waals surface area contributed by atoms with Crippen LogP contribution in [0.3, 0.4) is 0 Å². The van der Waals surface area contributed by atoms with Gasteiger partial charge in [-0.25, -0.2) is 13.8 Å². The third-order valence-corrected chi connectivity index (χ3v) is 9.62. The van der Waals surface area contributed by atoms with Crippen LogP contribution in [0, 0.1) is 18.7 Å². The number of anilines is 2. The van der Waals surface area contributed by atoms with Gasteiger partial charge >= 0.3 is 12.2 Å². The summed E-state index contributed by atoms with van der Waals surface area (Å²) in [5, 5.41) is 2.48. The number of hydrogen-bond donors (Lipinski definition) is 2. The number of nitrogens with one attached hydrogen (secondary N) is 1. The molecular formula is C35H36ClF5N8O2. The maximum absolute atomic E-state index is 16.6. The summed E-state index contributed by atoms with van der Waals surface area (Å²) in [7, 11) is 1.97. The molecule has 1 amide bonds. The number of likely N-dealkylation sites (tertiary alicyclic amines) is 1. The topological polar surface area (TPSA) is 122 Å². The quantitative estimate of drug-likeness (QED) is 0.145. The number of carbonyl (C=O) groups excluding carboxylic acids is 1. The molecule has 270 valence electrons. The van der Waals surface area contributed by atoms with E-state index in [4.69, 9.17) is 22.1 Å². The standard InChI is InChI=1S/C35H36ClF5N8O2/c1-19-14-26(42)45-31(28(19)35(39,40)41)27-24(36)16-23-30(29(27)38)46-34(51-18-22-7-5-11-48(22)2)47-32(23)49-12-8-20(9-13-49)17-44-33(50)25(37)15-21-6-3-4-10-43-21/h3-4,6,10,14-16,20,22H,5,7-9,11-13,17-18H2,1-2H3,(H2,42,45)(H,44,50)/b25-15-/t22-/m0/s1. The van der Waals surface area contributed by atoms with Gasteiger partial charge in [-0.05, 0) is 81.9 Å². The molecule has 1 aromatic carbocycles. The zero-order chi connectivity index (χ0) is 36.4. The number of fused-ring (bicyclic) bond motifs is 1. The fourth-order valence-corrected chi connectivity index (χ4v) is 6.89. The Morgan fingerprint density at radius 1 is 1.14 bits per heavy atom. The zero-order valence-electron chi connectivity index (χ0n) is 27.9. The molecule has 2 fully saturated rings. The maximum atomic E-state index is 16.6. The van der Waals surface area contributed by atoms with Gasteiger partial charge in [-0.1, -0.05) is 17.7 Å². The minimum Gasteiger partial charge on any atom is -0.462 e. The summed E-state index contributed by atoms with van der Waals surface area (Å²) in [6.07, 6.45) is 0.685. The first-order valence-corrected chi connectivity index (χ1v) is 16.9. The van der Waals surface area contributed by atoms with E-state index >= 15 is 4.39 Å². The van der Waals surface area contributed by atoms with Crippen LogP contribution in [0.15, 0.2) is 42.4 Å². The van der Waals surface area contributed by atoms with Crippen molar-refractivity contribution in [3.8, 4) is 17.3 Å². The number of aryl methyl sites for hydroxylation is 1. The first kappa shape index (κ1) is 36.2. The molecule has 2 aliphatic heterocycles. The summed E-state index contributed by atoms with van der Waals surface area (Å²) in [5.74, 6) is -2.87. The molecule has 51 heavy (non-hydrogen) atoms. The van der Waals surface area contributed by atoms with Crippen LogP contribution in [0.25, 0.3) is 28.2 Å². The molecule has 0 aliphatic carbocycles. The van der Waals surface area contributed by atoms with E-state index in [1.807, 2.05) is 11.9 Å². The third-order valence-electron chi connectivity index (χ3n) is 9.32. The number of benzene rings is 1. The summed E-state index contributed by atoms with van der Waals surface area (Å²) < 4.78 is 79.9. The lowest BCUT2D eigenvalue weighted by Gasteiger charge is -2.33. The fourth-order valence-electron chi connectivity index (χ4n) is 6.61. The lowest BCUT2D eigenvalue weighted by atomic mass is 9.96. The number of hydrogen-bond acceptors (Lipinski definition) is 9. The van der Waals surface area contributed by atoms with Crippen molar-refractivity contribution in [2.45, 2.75) is 44.8 Å². The summed E-state index contributed by atoms with van der Waals surface area (Å²) in [6.45, 7) is 3.39. The van der Waals surface area contributed by atoms with Gasteiger partial charge in [0.05, 0.1) is 27.5 Å². The summed E-state index contributed by atoms with van der Waals surface area (Å²) in [5.41, 5.74) is 3.14. The molecular weight excluding hydrogens is 695 g/mol. The summed E-state index contributed by atoms with van der Waals surface area (Å²) >= 11 is 6.58. The molecule has 6 rings (SSSR count). The highest BCUT2D eigenvalue weighted by Crippen LogP contribution is 2.44. The SMILES string of the molecule is Cc1cc(N)nc(-c2c(Cl)cc3c(N4CCC(CNC(=O)/C(F)=C/c5ccccn5)CC4)nc(OC[C@@H]4CCCN4C)nc3c2F)c1C(F)(F)F. The van der Waals surface area contributed by atoms with E-state index in [0.717, 1.165) is 31.5 Å². The Bertz CT molecular complexity index is 1950. The summed E-state index contributed by atoms with van der Waals surface area (Å²) in [6, 6.07) is 7.30. The highest BCUT2D eigenvalue weighted by molar-refractivity contribution is 6.34. The number of nitrogen functional groups attached to an aromatic ring is 1. The lowest BCUT2D eigenvalue weighted by molar-refractivity contribution is -0.137. The molecule has 4 aromatic rings. The molecule has 0 radical (unpaired) electrons. The average Bonchev–Trinajstić information content (AvgIpc) is 3.50. The van der Waals surface area contributed by atoms with Crippen molar-refractivity contribution < 1.29 is 31.5 Å². The van der Waals surface area contributed by atoms with Gasteiger partial charge in [0.1, 0.15) is 23.8 Å². The van der Waals surface area contributed by atoms with Crippen molar-refractivity contribution >= 4 is 46.1 Å². The molecule has 0 saturated carbocycles. The van der Waals surface area contributed by atoms with Crippen LogP contribution in [0.2, 0.25) is 5.02 Å². The number of alkyl halides is 3. The second-order valence-corrected chi connectivity index (χ2v) is 13.2. The van der Waals surface area contributed by atoms with Gasteiger partial charge in [-0.3, -0.25) is 9.78 Å². The number of nitrogens with two attached hydrogens (primary N) is 1. The van der Waals surface area contributed by atoms with Crippen LogP contribution in [-0.2, 0) is 11.0 Å². The van der Waals surface area contributed by atoms with Gasteiger partial charge in [-0.2, -0.15) is 23.1 Å². The minimum absolute atomic E-state index is 0.000135. The Kier molecular flexibility index (Phi) is 10.6. The van der Waals surface area contributed by atoms with E-state index in [1.54, 1.807) is 18.2 Å². The van der Waals surface area contributed by atoms with Crippen LogP contribution in [0.5, 0.6) is 6.01 Å². The third kappa shape index (κ3) is 7.99. The Morgan fingerprint density at radius 3 is 2.57 bits per heavy atom. The number of likely N-dealkylation sites (N-methyl/N-ethyl adjacent to an activating group) is 1. The molecule has 3 aromatic heterocycles. The normalized spacial score (nSPS) is 17.7. The largest absolute Gasteiger partial charge is 0.462 e. The van der Waals surface area contributed by atoms with Crippen molar-refractivity contribution in [1.29, 1.82) is 0 Å². The van der Waals surface area contributed by atoms with E-state index in [1.165, 1.54) is 19.2 Å². The molecule has 0 spiro atoms. The molecule has 0 bridgehead atoms. The van der Waals surface area contributed by atoms with Crippen molar-refractivity contribution in [2.24, 2.45) is 5.92 Å². The Morgan fingerprint density at radius 2 is 1.90 bits per heavy atom. The molecule has 10 nitrogen and oxygen atoms in total. The van der Waals surface area contributed by atoms with Crippen LogP contribution in [-0.4, -0.2) is 76.6 Å². The smallest absolute Gasteiger partial charge is 0.418 e. The van der Waals surface area contributed by atoms with Crippen LogP contribution in [0.1, 0.15) is 42.5 Å². The predicted octanol–water partition coefficient (Wildman–Crippen LogP) is 6.60. The van der Waals surface area contributed by atoms with E-state index in [0.29, 0.717) is 37.4 Å². The lowest BCUT2D eigenvalue weighted by Crippen LogP contribution is -2.39. The van der Waals surface area contributed by atoms with Crippen LogP contribution in [0.4, 0.5) is 33.6 Å². The van der Waals surface area contributed by atoms with Crippen molar-refractivity contribution in [3.63, 3.8) is 0 Å². The molecule has 1 atom stereocenters. The zero-order valence-corrected chi connectivity index (χ0v) is 28.7. The number of piperidine rings is 1. The van der Waals surface area contributed by atoms with E-state index in [-0.39, 0.29) is 58.4 Å². The van der Waals surface area contributed by atoms with Gasteiger partial charge in [-0.15, -0.1) is 0 Å². The highest BCUT2D eigenvalue weighted by atomic mass is 35.5. The van der Waals surface area contributed by atoms with E-state index in [9.17, 15) is 22.4 Å². The Hall–Kier alpha value is -4.63. The number of halogens is 6. The molecule has 5 heterocycles. The first-order chi connectivity index (χ1) is 24.3. The second kappa shape index (κ2) is 14.9. The minimum atomic E-state index is -4.88. The van der Waals surface area contributed by atoms with Gasteiger partial charge in [0.2, 0.25) is 0 Å². The number of rotatable bonds is 9. The molecule has 16 heteroatoms.